The van der Waals surface area contributed by atoms with Gasteiger partial charge in [0.15, 0.2) is 5.79 Å². The molecule has 2 rings (SSSR count). The zero-order valence-corrected chi connectivity index (χ0v) is 9.18. The zero-order chi connectivity index (χ0) is 10.9. The lowest BCUT2D eigenvalue weighted by atomic mass is 10.0. The topological polar surface area (TPSA) is 18.5 Å². The highest BCUT2D eigenvalue weighted by Crippen LogP contribution is 2.39. The number of ether oxygens (including phenoxy) is 2. The summed E-state index contributed by atoms with van der Waals surface area (Å²) in [6.45, 7) is 2.82. The van der Waals surface area contributed by atoms with Gasteiger partial charge in [0.05, 0.1) is 23.8 Å². The van der Waals surface area contributed by atoms with E-state index in [1.54, 1.807) is 12.1 Å². The predicted octanol–water partition coefficient (Wildman–Crippen LogP) is 3.09. The molecule has 0 unspecified atom stereocenters. The number of benzene rings is 1. The molecule has 0 atom stereocenters. The quantitative estimate of drug-likeness (QED) is 0.777. The largest absolute Gasteiger partial charge is 0.343 e. The third-order valence-electron chi connectivity index (χ3n) is 2.56. The SMILES string of the molecule is CCC1(c2c(F)cccc2Cl)OCCO1. The van der Waals surface area contributed by atoms with Crippen LogP contribution in [0.15, 0.2) is 18.2 Å². The lowest BCUT2D eigenvalue weighted by Crippen LogP contribution is -2.27. The molecule has 1 aromatic rings. The maximum atomic E-state index is 13.7. The summed E-state index contributed by atoms with van der Waals surface area (Å²) >= 11 is 5.98. The minimum Gasteiger partial charge on any atom is -0.343 e. The summed E-state index contributed by atoms with van der Waals surface area (Å²) in [6, 6.07) is 4.57. The van der Waals surface area contributed by atoms with Crippen molar-refractivity contribution in [1.82, 2.24) is 0 Å². The first-order chi connectivity index (χ1) is 7.19. The Labute approximate surface area is 92.9 Å². The monoisotopic (exact) mass is 230 g/mol. The van der Waals surface area contributed by atoms with Crippen LogP contribution in [-0.4, -0.2) is 13.2 Å². The van der Waals surface area contributed by atoms with Crippen molar-refractivity contribution in [3.8, 4) is 0 Å². The van der Waals surface area contributed by atoms with Gasteiger partial charge in [0, 0.05) is 6.42 Å². The Morgan fingerprint density at radius 2 is 2.07 bits per heavy atom. The van der Waals surface area contributed by atoms with Gasteiger partial charge >= 0.3 is 0 Å². The van der Waals surface area contributed by atoms with E-state index in [4.69, 9.17) is 21.1 Å². The van der Waals surface area contributed by atoms with E-state index in [1.807, 2.05) is 6.92 Å². The van der Waals surface area contributed by atoms with Crippen LogP contribution in [0.2, 0.25) is 5.02 Å². The highest BCUT2D eigenvalue weighted by atomic mass is 35.5. The normalized spacial score (nSPS) is 19.4. The Hall–Kier alpha value is -0.640. The molecule has 1 aliphatic heterocycles. The summed E-state index contributed by atoms with van der Waals surface area (Å²) < 4.78 is 24.7. The molecule has 0 aromatic heterocycles. The van der Waals surface area contributed by atoms with Crippen molar-refractivity contribution in [2.45, 2.75) is 19.1 Å². The second-order valence-electron chi connectivity index (χ2n) is 3.40. The van der Waals surface area contributed by atoms with Crippen molar-refractivity contribution >= 4 is 11.6 Å². The number of hydrogen-bond donors (Lipinski definition) is 0. The molecule has 1 heterocycles. The highest BCUT2D eigenvalue weighted by molar-refractivity contribution is 6.31. The van der Waals surface area contributed by atoms with Crippen LogP contribution in [0.5, 0.6) is 0 Å². The molecule has 0 spiro atoms. The summed E-state index contributed by atoms with van der Waals surface area (Å²) in [6.07, 6.45) is 0.535. The van der Waals surface area contributed by atoms with Gasteiger partial charge in [0.25, 0.3) is 0 Å². The highest BCUT2D eigenvalue weighted by Gasteiger charge is 2.40. The summed E-state index contributed by atoms with van der Waals surface area (Å²) in [7, 11) is 0. The Kier molecular flexibility index (Phi) is 2.96. The average Bonchev–Trinajstić information content (AvgIpc) is 2.67. The summed E-state index contributed by atoms with van der Waals surface area (Å²) in [5.74, 6) is -1.38. The molecule has 0 radical (unpaired) electrons. The molecule has 0 aliphatic carbocycles. The molecule has 1 aliphatic rings. The van der Waals surface area contributed by atoms with Crippen molar-refractivity contribution in [3.05, 3.63) is 34.6 Å². The molecular formula is C11H12ClFO2. The van der Waals surface area contributed by atoms with Crippen LogP contribution in [0.4, 0.5) is 4.39 Å². The van der Waals surface area contributed by atoms with Crippen molar-refractivity contribution < 1.29 is 13.9 Å². The molecule has 4 heteroatoms. The lowest BCUT2D eigenvalue weighted by Gasteiger charge is -2.27. The predicted molar refractivity (Wildman–Crippen MR) is 55.3 cm³/mol. The number of halogens is 2. The Morgan fingerprint density at radius 1 is 1.40 bits per heavy atom. The molecular weight excluding hydrogens is 219 g/mol. The Balaban J connectivity index is 2.51. The van der Waals surface area contributed by atoms with Gasteiger partial charge in [-0.3, -0.25) is 0 Å². The van der Waals surface area contributed by atoms with Gasteiger partial charge in [-0.2, -0.15) is 0 Å². The van der Waals surface area contributed by atoms with Gasteiger partial charge in [0.1, 0.15) is 5.82 Å². The second kappa shape index (κ2) is 4.08. The standard InChI is InChI=1S/C11H12ClFO2/c1-2-11(14-6-7-15-11)10-8(12)4-3-5-9(10)13/h3-5H,2,6-7H2,1H3. The van der Waals surface area contributed by atoms with E-state index in [0.717, 1.165) is 0 Å². The minimum absolute atomic E-state index is 0.312. The van der Waals surface area contributed by atoms with Gasteiger partial charge in [-0.1, -0.05) is 24.6 Å². The van der Waals surface area contributed by atoms with Crippen molar-refractivity contribution in [2.75, 3.05) is 13.2 Å². The maximum absolute atomic E-state index is 13.7. The smallest absolute Gasteiger partial charge is 0.199 e. The first kappa shape index (κ1) is 10.9. The van der Waals surface area contributed by atoms with Crippen molar-refractivity contribution in [2.24, 2.45) is 0 Å². The first-order valence-corrected chi connectivity index (χ1v) is 5.30. The summed E-state index contributed by atoms with van der Waals surface area (Å²) in [4.78, 5) is 0. The van der Waals surface area contributed by atoms with Crippen molar-refractivity contribution in [3.63, 3.8) is 0 Å². The third kappa shape index (κ3) is 1.75. The zero-order valence-electron chi connectivity index (χ0n) is 8.43. The van der Waals surface area contributed by atoms with Gasteiger partial charge in [-0.25, -0.2) is 4.39 Å². The molecule has 0 saturated carbocycles. The molecule has 2 nitrogen and oxygen atoms in total. The fourth-order valence-electron chi connectivity index (χ4n) is 1.84. The number of hydrogen-bond acceptors (Lipinski definition) is 2. The van der Waals surface area contributed by atoms with E-state index in [9.17, 15) is 4.39 Å². The van der Waals surface area contributed by atoms with E-state index < -0.39 is 5.79 Å². The fraction of sp³-hybridized carbons (Fsp3) is 0.455. The molecule has 0 amide bonds. The summed E-state index contributed by atoms with van der Waals surface area (Å²) in [5.41, 5.74) is 0.312. The van der Waals surface area contributed by atoms with Crippen LogP contribution >= 0.6 is 11.6 Å². The van der Waals surface area contributed by atoms with E-state index in [1.165, 1.54) is 6.07 Å². The lowest BCUT2D eigenvalue weighted by molar-refractivity contribution is -0.169. The maximum Gasteiger partial charge on any atom is 0.199 e. The van der Waals surface area contributed by atoms with Gasteiger partial charge in [0.2, 0.25) is 0 Å². The molecule has 1 fully saturated rings. The molecule has 1 saturated heterocycles. The van der Waals surface area contributed by atoms with E-state index >= 15 is 0 Å². The van der Waals surface area contributed by atoms with E-state index in [-0.39, 0.29) is 5.82 Å². The van der Waals surface area contributed by atoms with E-state index in [2.05, 4.69) is 0 Å². The van der Waals surface area contributed by atoms with Crippen LogP contribution in [0.1, 0.15) is 18.9 Å². The van der Waals surface area contributed by atoms with Crippen LogP contribution in [0, 0.1) is 5.82 Å². The fourth-order valence-corrected chi connectivity index (χ4v) is 2.15. The molecule has 0 bridgehead atoms. The molecule has 15 heavy (non-hydrogen) atoms. The van der Waals surface area contributed by atoms with Crippen LogP contribution in [0.25, 0.3) is 0 Å². The van der Waals surface area contributed by atoms with Gasteiger partial charge in [-0.05, 0) is 12.1 Å². The molecule has 1 aromatic carbocycles. The van der Waals surface area contributed by atoms with Gasteiger partial charge in [-0.15, -0.1) is 0 Å². The van der Waals surface area contributed by atoms with Crippen LogP contribution in [-0.2, 0) is 15.3 Å². The third-order valence-corrected chi connectivity index (χ3v) is 2.88. The molecule has 82 valence electrons. The minimum atomic E-state index is -0.998. The average molecular weight is 231 g/mol. The Bertz CT molecular complexity index is 341. The van der Waals surface area contributed by atoms with Crippen LogP contribution < -0.4 is 0 Å². The summed E-state index contributed by atoms with van der Waals surface area (Å²) in [5, 5.41) is 0.346. The van der Waals surface area contributed by atoms with Crippen molar-refractivity contribution in [1.29, 1.82) is 0 Å². The second-order valence-corrected chi connectivity index (χ2v) is 3.81. The van der Waals surface area contributed by atoms with E-state index in [0.29, 0.717) is 30.2 Å². The van der Waals surface area contributed by atoms with Crippen LogP contribution in [0.3, 0.4) is 0 Å². The Morgan fingerprint density at radius 3 is 2.60 bits per heavy atom. The molecule has 0 N–H and O–H groups in total. The van der Waals surface area contributed by atoms with Gasteiger partial charge < -0.3 is 9.47 Å². The number of rotatable bonds is 2. The first-order valence-electron chi connectivity index (χ1n) is 4.92.